The van der Waals surface area contributed by atoms with Gasteiger partial charge in [-0.2, -0.15) is 5.26 Å². The van der Waals surface area contributed by atoms with Crippen LogP contribution in [0.4, 0.5) is 0 Å². The van der Waals surface area contributed by atoms with Gasteiger partial charge in [0.2, 0.25) is 0 Å². The monoisotopic (exact) mass is 206 g/mol. The second-order valence-electron chi connectivity index (χ2n) is 5.12. The molecule has 0 spiro atoms. The molecule has 2 nitrogen and oxygen atoms in total. The fourth-order valence-electron chi connectivity index (χ4n) is 3.03. The first-order valence-electron chi connectivity index (χ1n) is 6.48. The van der Waals surface area contributed by atoms with Crippen LogP contribution in [0.5, 0.6) is 0 Å². The van der Waals surface area contributed by atoms with Gasteiger partial charge in [-0.1, -0.05) is 19.8 Å². The molecule has 2 aliphatic carbocycles. The van der Waals surface area contributed by atoms with E-state index in [1.165, 1.54) is 38.6 Å². The van der Waals surface area contributed by atoms with E-state index < -0.39 is 0 Å². The van der Waals surface area contributed by atoms with Crippen molar-refractivity contribution in [3.05, 3.63) is 0 Å². The summed E-state index contributed by atoms with van der Waals surface area (Å²) in [5.74, 6) is 1.25. The van der Waals surface area contributed by atoms with Gasteiger partial charge in [0.25, 0.3) is 0 Å². The van der Waals surface area contributed by atoms with Crippen molar-refractivity contribution in [1.29, 1.82) is 5.26 Å². The van der Waals surface area contributed by atoms with Crippen molar-refractivity contribution in [2.75, 3.05) is 13.1 Å². The van der Waals surface area contributed by atoms with E-state index in [2.05, 4.69) is 17.9 Å². The summed E-state index contributed by atoms with van der Waals surface area (Å²) in [5, 5.41) is 9.11. The SMILES string of the molecule is CCN(CC1CCC1)C1CCCC1C#N. The summed E-state index contributed by atoms with van der Waals surface area (Å²) in [6.07, 6.45) is 7.89. The van der Waals surface area contributed by atoms with Crippen LogP contribution < -0.4 is 0 Å². The van der Waals surface area contributed by atoms with Gasteiger partial charge in [-0.15, -0.1) is 0 Å². The van der Waals surface area contributed by atoms with E-state index in [0.29, 0.717) is 12.0 Å². The van der Waals surface area contributed by atoms with Gasteiger partial charge in [0, 0.05) is 12.6 Å². The first-order chi connectivity index (χ1) is 7.35. The Morgan fingerprint density at radius 1 is 1.20 bits per heavy atom. The van der Waals surface area contributed by atoms with Crippen LogP contribution in [-0.2, 0) is 0 Å². The molecule has 0 radical (unpaired) electrons. The molecule has 2 rings (SSSR count). The summed E-state index contributed by atoms with van der Waals surface area (Å²) < 4.78 is 0. The molecule has 2 saturated carbocycles. The molecule has 2 heteroatoms. The topological polar surface area (TPSA) is 27.0 Å². The Morgan fingerprint density at radius 3 is 2.47 bits per heavy atom. The minimum atomic E-state index is 0.310. The van der Waals surface area contributed by atoms with Gasteiger partial charge in [-0.3, -0.25) is 4.90 Å². The number of hydrogen-bond acceptors (Lipinski definition) is 2. The molecule has 0 saturated heterocycles. The van der Waals surface area contributed by atoms with Crippen LogP contribution in [0.1, 0.15) is 45.4 Å². The fraction of sp³-hybridized carbons (Fsp3) is 0.923. The molecular formula is C13H22N2. The molecule has 0 aromatic rings. The molecule has 2 aliphatic rings. The number of nitriles is 1. The Balaban J connectivity index is 1.89. The third-order valence-corrected chi connectivity index (χ3v) is 4.24. The molecule has 0 bridgehead atoms. The minimum Gasteiger partial charge on any atom is -0.299 e. The second-order valence-corrected chi connectivity index (χ2v) is 5.12. The van der Waals surface area contributed by atoms with Crippen molar-refractivity contribution in [2.24, 2.45) is 11.8 Å². The van der Waals surface area contributed by atoms with Crippen molar-refractivity contribution in [2.45, 2.75) is 51.5 Å². The van der Waals surface area contributed by atoms with Crippen LogP contribution >= 0.6 is 0 Å². The van der Waals surface area contributed by atoms with Crippen molar-refractivity contribution in [3.8, 4) is 6.07 Å². The Kier molecular flexibility index (Phi) is 3.64. The molecular weight excluding hydrogens is 184 g/mol. The summed E-state index contributed by atoms with van der Waals surface area (Å²) in [6.45, 7) is 4.62. The van der Waals surface area contributed by atoms with E-state index in [0.717, 1.165) is 18.9 Å². The molecule has 2 unspecified atom stereocenters. The van der Waals surface area contributed by atoms with Crippen LogP contribution in [0.3, 0.4) is 0 Å². The Labute approximate surface area is 93.3 Å². The second kappa shape index (κ2) is 4.99. The van der Waals surface area contributed by atoms with Crippen molar-refractivity contribution < 1.29 is 0 Å². The lowest BCUT2D eigenvalue weighted by Gasteiger charge is -2.36. The quantitative estimate of drug-likeness (QED) is 0.707. The van der Waals surface area contributed by atoms with E-state index in [1.807, 2.05) is 0 Å². The molecule has 0 heterocycles. The molecule has 0 aliphatic heterocycles. The fourth-order valence-corrected chi connectivity index (χ4v) is 3.03. The van der Waals surface area contributed by atoms with E-state index >= 15 is 0 Å². The lowest BCUT2D eigenvalue weighted by Crippen LogP contribution is -2.41. The van der Waals surface area contributed by atoms with E-state index in [1.54, 1.807) is 0 Å². The largest absolute Gasteiger partial charge is 0.299 e. The number of nitrogens with zero attached hydrogens (tertiary/aromatic N) is 2. The third kappa shape index (κ3) is 2.34. The van der Waals surface area contributed by atoms with Crippen molar-refractivity contribution in [3.63, 3.8) is 0 Å². The highest BCUT2D eigenvalue weighted by Crippen LogP contribution is 2.33. The smallest absolute Gasteiger partial charge is 0.0672 e. The minimum absolute atomic E-state index is 0.310. The molecule has 0 amide bonds. The van der Waals surface area contributed by atoms with Gasteiger partial charge in [-0.05, 0) is 38.1 Å². The van der Waals surface area contributed by atoms with Gasteiger partial charge in [-0.25, -0.2) is 0 Å². The van der Waals surface area contributed by atoms with E-state index in [4.69, 9.17) is 5.26 Å². The van der Waals surface area contributed by atoms with Crippen LogP contribution in [0.25, 0.3) is 0 Å². The maximum Gasteiger partial charge on any atom is 0.0672 e. The van der Waals surface area contributed by atoms with Gasteiger partial charge < -0.3 is 0 Å². The van der Waals surface area contributed by atoms with Crippen LogP contribution in [0, 0.1) is 23.2 Å². The number of rotatable bonds is 4. The van der Waals surface area contributed by atoms with Gasteiger partial charge in [0.1, 0.15) is 0 Å². The highest BCUT2D eigenvalue weighted by Gasteiger charge is 2.33. The summed E-state index contributed by atoms with van der Waals surface area (Å²) in [6, 6.07) is 3.07. The lowest BCUT2D eigenvalue weighted by molar-refractivity contribution is 0.127. The highest BCUT2D eigenvalue weighted by atomic mass is 15.2. The first-order valence-corrected chi connectivity index (χ1v) is 6.48. The molecule has 2 fully saturated rings. The zero-order valence-corrected chi connectivity index (χ0v) is 9.78. The predicted molar refractivity (Wildman–Crippen MR) is 61.3 cm³/mol. The van der Waals surface area contributed by atoms with Gasteiger partial charge >= 0.3 is 0 Å². The summed E-state index contributed by atoms with van der Waals surface area (Å²) >= 11 is 0. The van der Waals surface area contributed by atoms with Gasteiger partial charge in [0.15, 0.2) is 0 Å². The summed E-state index contributed by atoms with van der Waals surface area (Å²) in [5.41, 5.74) is 0. The predicted octanol–water partition coefficient (Wildman–Crippen LogP) is 2.80. The van der Waals surface area contributed by atoms with Gasteiger partial charge in [0.05, 0.1) is 12.0 Å². The molecule has 84 valence electrons. The average molecular weight is 206 g/mol. The van der Waals surface area contributed by atoms with E-state index in [-0.39, 0.29) is 0 Å². The average Bonchev–Trinajstić information content (AvgIpc) is 2.64. The summed E-state index contributed by atoms with van der Waals surface area (Å²) in [7, 11) is 0. The Hall–Kier alpha value is -0.550. The third-order valence-electron chi connectivity index (χ3n) is 4.24. The van der Waals surface area contributed by atoms with E-state index in [9.17, 15) is 0 Å². The maximum absolute atomic E-state index is 9.11. The standard InChI is InChI=1S/C13H22N2/c1-2-15(10-11-5-3-6-11)13-8-4-7-12(13)9-14/h11-13H,2-8,10H2,1H3. The number of hydrogen-bond donors (Lipinski definition) is 0. The molecule has 0 aromatic heterocycles. The molecule has 0 N–H and O–H groups in total. The molecule has 0 aromatic carbocycles. The Bertz CT molecular complexity index is 239. The lowest BCUT2D eigenvalue weighted by atomic mass is 9.84. The van der Waals surface area contributed by atoms with Crippen LogP contribution in [0.2, 0.25) is 0 Å². The van der Waals surface area contributed by atoms with Crippen LogP contribution in [0.15, 0.2) is 0 Å². The van der Waals surface area contributed by atoms with Crippen molar-refractivity contribution in [1.82, 2.24) is 4.90 Å². The zero-order valence-electron chi connectivity index (χ0n) is 9.78. The maximum atomic E-state index is 9.11. The van der Waals surface area contributed by atoms with Crippen molar-refractivity contribution >= 4 is 0 Å². The normalized spacial score (nSPS) is 31.5. The first kappa shape index (κ1) is 11.0. The molecule has 15 heavy (non-hydrogen) atoms. The van der Waals surface area contributed by atoms with Crippen LogP contribution in [-0.4, -0.2) is 24.0 Å². The summed E-state index contributed by atoms with van der Waals surface area (Å²) in [4.78, 5) is 2.57. The Morgan fingerprint density at radius 2 is 1.93 bits per heavy atom. The zero-order chi connectivity index (χ0) is 10.7. The molecule has 2 atom stereocenters. The highest BCUT2D eigenvalue weighted by molar-refractivity contribution is 4.97.